The lowest BCUT2D eigenvalue weighted by molar-refractivity contribution is 1.07. The molecule has 0 spiro atoms. The molecule has 3 aromatic heterocycles. The smallest absolute Gasteiger partial charge is 0.164 e. The molecule has 0 aliphatic heterocycles. The van der Waals surface area contributed by atoms with Crippen LogP contribution in [-0.4, -0.2) is 24.1 Å². The van der Waals surface area contributed by atoms with E-state index in [2.05, 4.69) is 234 Å². The molecule has 0 bridgehead atoms. The first kappa shape index (κ1) is 39.2. The van der Waals surface area contributed by atoms with Gasteiger partial charge < -0.3 is 9.13 Å². The number of aromatic nitrogens is 5. The van der Waals surface area contributed by atoms with E-state index in [0.717, 1.165) is 61.4 Å². The van der Waals surface area contributed by atoms with Gasteiger partial charge in [-0.2, -0.15) is 0 Å². The monoisotopic (exact) mass is 867 g/mol. The predicted octanol–water partition coefficient (Wildman–Crippen LogP) is 16.1. The Balaban J connectivity index is 1.00. The largest absolute Gasteiger partial charge is 0.309 e. The summed E-state index contributed by atoms with van der Waals surface area (Å²) < 4.78 is 4.81. The van der Waals surface area contributed by atoms with Crippen molar-refractivity contribution in [1.82, 2.24) is 24.1 Å². The van der Waals surface area contributed by atoms with Crippen LogP contribution in [0.2, 0.25) is 0 Å². The Morgan fingerprint density at radius 2 is 0.632 bits per heavy atom. The molecule has 5 nitrogen and oxygen atoms in total. The summed E-state index contributed by atoms with van der Waals surface area (Å²) in [7, 11) is 0. The summed E-state index contributed by atoms with van der Waals surface area (Å²) in [6.07, 6.45) is 0. The van der Waals surface area contributed by atoms with Crippen molar-refractivity contribution in [3.63, 3.8) is 0 Å². The van der Waals surface area contributed by atoms with E-state index in [1.807, 2.05) is 24.3 Å². The molecule has 318 valence electrons. The quantitative estimate of drug-likeness (QED) is 0.153. The predicted molar refractivity (Wildman–Crippen MR) is 281 cm³/mol. The third-order valence-electron chi connectivity index (χ3n) is 13.2. The van der Waals surface area contributed by atoms with Crippen LogP contribution in [0.3, 0.4) is 0 Å². The van der Waals surface area contributed by atoms with Crippen LogP contribution in [0.25, 0.3) is 123 Å². The maximum Gasteiger partial charge on any atom is 0.164 e. The minimum Gasteiger partial charge on any atom is -0.309 e. The molecule has 0 fully saturated rings. The van der Waals surface area contributed by atoms with Crippen molar-refractivity contribution in [1.29, 1.82) is 0 Å². The summed E-state index contributed by atoms with van der Waals surface area (Å²) in [6.45, 7) is 0. The lowest BCUT2D eigenvalue weighted by Crippen LogP contribution is -2.02. The van der Waals surface area contributed by atoms with Crippen LogP contribution in [0.4, 0.5) is 0 Å². The van der Waals surface area contributed by atoms with E-state index in [9.17, 15) is 0 Å². The van der Waals surface area contributed by atoms with Crippen LogP contribution in [0, 0.1) is 0 Å². The van der Waals surface area contributed by atoms with Gasteiger partial charge in [0, 0.05) is 49.6 Å². The topological polar surface area (TPSA) is 48.5 Å². The van der Waals surface area contributed by atoms with Gasteiger partial charge in [0.1, 0.15) is 0 Å². The standard InChI is InChI=1S/C63H41N5/c1-5-17-42(18-6-1)44-29-31-47(32-30-44)62-64-61(46-23-11-4-12-24-46)65-63(66-62)56-41-49(34-37-51(56)45-21-9-3-10-22-45)67-58-28-16-14-26-53(58)55-40-50(35-38-59(55)67)68-57-27-15-13-25-52(57)54-36-33-48(39-60(54)68)43-19-7-2-8-20-43/h1-41H. The summed E-state index contributed by atoms with van der Waals surface area (Å²) >= 11 is 0. The molecule has 10 aromatic carbocycles. The summed E-state index contributed by atoms with van der Waals surface area (Å²) in [5.74, 6) is 1.83. The van der Waals surface area contributed by atoms with Gasteiger partial charge >= 0.3 is 0 Å². The molecule has 3 heterocycles. The summed E-state index contributed by atoms with van der Waals surface area (Å²) in [5, 5.41) is 4.81. The first-order valence-corrected chi connectivity index (χ1v) is 23.0. The number of hydrogen-bond acceptors (Lipinski definition) is 3. The van der Waals surface area contributed by atoms with Crippen LogP contribution in [0.15, 0.2) is 249 Å². The van der Waals surface area contributed by atoms with Crippen LogP contribution < -0.4 is 0 Å². The van der Waals surface area contributed by atoms with Gasteiger partial charge in [-0.25, -0.2) is 15.0 Å². The number of nitrogens with zero attached hydrogens (tertiary/aromatic N) is 5. The Morgan fingerprint density at radius 1 is 0.221 bits per heavy atom. The third kappa shape index (κ3) is 6.76. The average Bonchev–Trinajstić information content (AvgIpc) is 3.94. The average molecular weight is 868 g/mol. The summed E-state index contributed by atoms with van der Waals surface area (Å²) in [4.78, 5) is 15.7. The van der Waals surface area contributed by atoms with Gasteiger partial charge in [0.2, 0.25) is 0 Å². The number of para-hydroxylation sites is 2. The third-order valence-corrected chi connectivity index (χ3v) is 13.2. The molecule has 13 aromatic rings. The minimum atomic E-state index is 0.603. The highest BCUT2D eigenvalue weighted by molar-refractivity contribution is 6.13. The fraction of sp³-hybridized carbons (Fsp3) is 0. The van der Waals surface area contributed by atoms with Crippen molar-refractivity contribution < 1.29 is 0 Å². The lowest BCUT2D eigenvalue weighted by Gasteiger charge is -2.16. The Labute approximate surface area is 393 Å². The number of hydrogen-bond donors (Lipinski definition) is 0. The lowest BCUT2D eigenvalue weighted by atomic mass is 9.98. The zero-order valence-electron chi connectivity index (χ0n) is 36.9. The molecule has 68 heavy (non-hydrogen) atoms. The molecule has 0 saturated carbocycles. The molecule has 0 atom stereocenters. The highest BCUT2D eigenvalue weighted by Crippen LogP contribution is 2.40. The molecule has 0 amide bonds. The van der Waals surface area contributed by atoms with Gasteiger partial charge in [0.25, 0.3) is 0 Å². The maximum atomic E-state index is 5.32. The van der Waals surface area contributed by atoms with Crippen molar-refractivity contribution in [3.8, 4) is 78.9 Å². The maximum absolute atomic E-state index is 5.32. The fourth-order valence-corrected chi connectivity index (χ4v) is 9.95. The van der Waals surface area contributed by atoms with E-state index in [-0.39, 0.29) is 0 Å². The van der Waals surface area contributed by atoms with Crippen LogP contribution in [0.1, 0.15) is 0 Å². The molecular weight excluding hydrogens is 827 g/mol. The van der Waals surface area contributed by atoms with Crippen molar-refractivity contribution in [2.24, 2.45) is 0 Å². The van der Waals surface area contributed by atoms with E-state index in [1.165, 1.54) is 43.7 Å². The zero-order valence-corrected chi connectivity index (χ0v) is 36.9. The van der Waals surface area contributed by atoms with Crippen molar-refractivity contribution in [2.45, 2.75) is 0 Å². The molecule has 0 unspecified atom stereocenters. The SMILES string of the molecule is c1ccc(-c2ccc(-c3nc(-c4ccccc4)nc(-c4cc(-n5c6ccccc6c6cc(-n7c8ccccc8c8ccc(-c9ccccc9)cc87)ccc65)ccc4-c4ccccc4)n3)cc2)cc1. The second kappa shape index (κ2) is 16.4. The first-order chi connectivity index (χ1) is 33.7. The molecule has 0 aliphatic carbocycles. The van der Waals surface area contributed by atoms with Crippen LogP contribution in [0.5, 0.6) is 0 Å². The van der Waals surface area contributed by atoms with E-state index < -0.39 is 0 Å². The van der Waals surface area contributed by atoms with E-state index in [1.54, 1.807) is 0 Å². The molecule has 0 N–H and O–H groups in total. The normalized spacial score (nSPS) is 11.5. The Kier molecular flexibility index (Phi) is 9.43. The Hall–Kier alpha value is -9.19. The van der Waals surface area contributed by atoms with Gasteiger partial charge in [-0.05, 0) is 81.9 Å². The van der Waals surface area contributed by atoms with Crippen molar-refractivity contribution in [2.75, 3.05) is 0 Å². The molecule has 13 rings (SSSR count). The van der Waals surface area contributed by atoms with E-state index >= 15 is 0 Å². The van der Waals surface area contributed by atoms with Crippen molar-refractivity contribution in [3.05, 3.63) is 249 Å². The number of benzene rings is 10. The highest BCUT2D eigenvalue weighted by Gasteiger charge is 2.21. The van der Waals surface area contributed by atoms with Gasteiger partial charge in [-0.3, -0.25) is 0 Å². The van der Waals surface area contributed by atoms with Gasteiger partial charge in [0.05, 0.1) is 22.1 Å². The molecule has 5 heteroatoms. The second-order valence-electron chi connectivity index (χ2n) is 17.2. The van der Waals surface area contributed by atoms with Gasteiger partial charge in [0.15, 0.2) is 17.5 Å². The minimum absolute atomic E-state index is 0.603. The number of fused-ring (bicyclic) bond motifs is 6. The molecule has 0 radical (unpaired) electrons. The Bertz CT molecular complexity index is 3990. The molecule has 0 aliphatic rings. The highest BCUT2D eigenvalue weighted by atomic mass is 15.0. The van der Waals surface area contributed by atoms with E-state index in [0.29, 0.717) is 17.5 Å². The molecular formula is C63H41N5. The number of rotatable bonds is 8. The molecule has 0 saturated heterocycles. The van der Waals surface area contributed by atoms with Crippen LogP contribution >= 0.6 is 0 Å². The summed E-state index contributed by atoms with van der Waals surface area (Å²) in [5.41, 5.74) is 16.3. The van der Waals surface area contributed by atoms with Gasteiger partial charge in [-0.15, -0.1) is 0 Å². The Morgan fingerprint density at radius 3 is 1.28 bits per heavy atom. The summed E-state index contributed by atoms with van der Waals surface area (Å²) in [6, 6.07) is 88.2. The van der Waals surface area contributed by atoms with E-state index in [4.69, 9.17) is 15.0 Å². The fourth-order valence-electron chi connectivity index (χ4n) is 9.95. The van der Waals surface area contributed by atoms with Crippen LogP contribution in [-0.2, 0) is 0 Å². The zero-order chi connectivity index (χ0) is 45.0. The first-order valence-electron chi connectivity index (χ1n) is 23.0. The second-order valence-corrected chi connectivity index (χ2v) is 17.2. The van der Waals surface area contributed by atoms with Gasteiger partial charge in [-0.1, -0.05) is 200 Å². The van der Waals surface area contributed by atoms with Crippen molar-refractivity contribution >= 4 is 43.6 Å².